The van der Waals surface area contributed by atoms with Crippen molar-refractivity contribution >= 4 is 5.97 Å². The van der Waals surface area contributed by atoms with Crippen LogP contribution in [0.3, 0.4) is 0 Å². The molecule has 0 bridgehead atoms. The van der Waals surface area contributed by atoms with Crippen LogP contribution in [0.1, 0.15) is 15.9 Å². The normalized spacial score (nSPS) is 10.2. The van der Waals surface area contributed by atoms with Gasteiger partial charge in [-0.05, 0) is 24.6 Å². The van der Waals surface area contributed by atoms with Crippen molar-refractivity contribution in [3.8, 4) is 5.82 Å². The minimum Gasteiger partial charge on any atom is -0.478 e. The maximum Gasteiger partial charge on any atom is 0.335 e. The Morgan fingerprint density at radius 1 is 1.35 bits per heavy atom. The molecular weight excluding hydrogens is 220 g/mol. The molecule has 0 aliphatic carbocycles. The van der Waals surface area contributed by atoms with Crippen LogP contribution in [-0.2, 0) is 0 Å². The lowest BCUT2D eigenvalue weighted by molar-refractivity contribution is 0.0696. The molecule has 0 saturated heterocycles. The number of hydrogen-bond donors (Lipinski definition) is 1. The van der Waals surface area contributed by atoms with Crippen LogP contribution in [0, 0.1) is 6.92 Å². The van der Waals surface area contributed by atoms with Crippen molar-refractivity contribution in [3.05, 3.63) is 58.1 Å². The highest BCUT2D eigenvalue weighted by atomic mass is 16.4. The lowest BCUT2D eigenvalue weighted by atomic mass is 10.2. The zero-order valence-corrected chi connectivity index (χ0v) is 9.12. The molecule has 1 N–H and O–H groups in total. The van der Waals surface area contributed by atoms with Gasteiger partial charge in [-0.15, -0.1) is 0 Å². The molecule has 2 aromatic rings. The van der Waals surface area contributed by atoms with Gasteiger partial charge in [0.05, 0.1) is 5.56 Å². The summed E-state index contributed by atoms with van der Waals surface area (Å²) in [4.78, 5) is 26.5. The van der Waals surface area contributed by atoms with Crippen molar-refractivity contribution in [2.45, 2.75) is 6.92 Å². The van der Waals surface area contributed by atoms with E-state index in [9.17, 15) is 9.59 Å². The molecule has 0 unspecified atom stereocenters. The lowest BCUT2D eigenvalue weighted by Gasteiger charge is -2.04. The van der Waals surface area contributed by atoms with E-state index in [0.717, 1.165) is 11.6 Å². The molecule has 0 radical (unpaired) electrons. The Labute approximate surface area is 97.0 Å². The Morgan fingerprint density at radius 2 is 2.12 bits per heavy atom. The highest BCUT2D eigenvalue weighted by Gasteiger charge is 2.06. The SMILES string of the molecule is Cc1ccc(-n2ccc(C(=O)O)cc2=O)nc1. The van der Waals surface area contributed by atoms with Crippen LogP contribution in [0.15, 0.2) is 41.5 Å². The summed E-state index contributed by atoms with van der Waals surface area (Å²) in [5.74, 6) is -0.649. The van der Waals surface area contributed by atoms with Crippen molar-refractivity contribution in [1.29, 1.82) is 0 Å². The van der Waals surface area contributed by atoms with E-state index >= 15 is 0 Å². The van der Waals surface area contributed by atoms with E-state index in [-0.39, 0.29) is 5.56 Å². The summed E-state index contributed by atoms with van der Waals surface area (Å²) in [6, 6.07) is 5.98. The van der Waals surface area contributed by atoms with E-state index in [0.29, 0.717) is 5.82 Å². The first kappa shape index (κ1) is 11.1. The second-order valence-electron chi connectivity index (χ2n) is 3.62. The predicted molar refractivity (Wildman–Crippen MR) is 61.5 cm³/mol. The molecule has 0 aromatic carbocycles. The molecule has 2 aromatic heterocycles. The molecule has 0 spiro atoms. The Kier molecular flexibility index (Phi) is 2.74. The van der Waals surface area contributed by atoms with E-state index in [2.05, 4.69) is 4.98 Å². The van der Waals surface area contributed by atoms with Gasteiger partial charge in [0.25, 0.3) is 5.56 Å². The third kappa shape index (κ3) is 2.23. The van der Waals surface area contributed by atoms with Crippen molar-refractivity contribution < 1.29 is 9.90 Å². The first-order chi connectivity index (χ1) is 8.08. The van der Waals surface area contributed by atoms with Gasteiger partial charge < -0.3 is 5.11 Å². The number of pyridine rings is 2. The molecule has 5 heteroatoms. The van der Waals surface area contributed by atoms with Gasteiger partial charge in [0.1, 0.15) is 5.82 Å². The standard InChI is InChI=1S/C12H10N2O3/c1-8-2-3-10(13-7-8)14-5-4-9(12(16)17)6-11(14)15/h2-7H,1H3,(H,16,17). The van der Waals surface area contributed by atoms with E-state index in [1.165, 1.54) is 16.8 Å². The van der Waals surface area contributed by atoms with Crippen molar-refractivity contribution in [3.63, 3.8) is 0 Å². The Balaban J connectivity index is 2.50. The van der Waals surface area contributed by atoms with Gasteiger partial charge in [0.2, 0.25) is 0 Å². The highest BCUT2D eigenvalue weighted by molar-refractivity contribution is 5.87. The first-order valence-corrected chi connectivity index (χ1v) is 4.97. The maximum atomic E-state index is 11.7. The number of aromatic nitrogens is 2. The fourth-order valence-corrected chi connectivity index (χ4v) is 1.40. The number of rotatable bonds is 2. The molecule has 0 aliphatic heterocycles. The van der Waals surface area contributed by atoms with Gasteiger partial charge in [-0.25, -0.2) is 9.78 Å². The van der Waals surface area contributed by atoms with Crippen molar-refractivity contribution in [2.24, 2.45) is 0 Å². The fraction of sp³-hybridized carbons (Fsp3) is 0.0833. The summed E-state index contributed by atoms with van der Waals surface area (Å²) >= 11 is 0. The van der Waals surface area contributed by atoms with Gasteiger partial charge in [-0.3, -0.25) is 9.36 Å². The number of aryl methyl sites for hydroxylation is 1. The zero-order chi connectivity index (χ0) is 12.4. The third-order valence-electron chi connectivity index (χ3n) is 2.31. The largest absolute Gasteiger partial charge is 0.478 e. The van der Waals surface area contributed by atoms with Crippen LogP contribution in [0.2, 0.25) is 0 Å². The second kappa shape index (κ2) is 4.21. The molecule has 0 saturated carbocycles. The maximum absolute atomic E-state index is 11.7. The average Bonchev–Trinajstić information content (AvgIpc) is 2.30. The third-order valence-corrected chi connectivity index (χ3v) is 2.31. The number of hydrogen-bond acceptors (Lipinski definition) is 3. The smallest absolute Gasteiger partial charge is 0.335 e. The summed E-state index contributed by atoms with van der Waals surface area (Å²) in [5, 5.41) is 8.74. The Morgan fingerprint density at radius 3 is 2.65 bits per heavy atom. The minimum atomic E-state index is -1.12. The molecule has 5 nitrogen and oxygen atoms in total. The quantitative estimate of drug-likeness (QED) is 0.842. The van der Waals surface area contributed by atoms with E-state index in [1.807, 2.05) is 13.0 Å². The highest BCUT2D eigenvalue weighted by Crippen LogP contribution is 2.03. The van der Waals surface area contributed by atoms with Crippen molar-refractivity contribution in [2.75, 3.05) is 0 Å². The van der Waals surface area contributed by atoms with Crippen LogP contribution < -0.4 is 5.56 Å². The zero-order valence-electron chi connectivity index (χ0n) is 9.12. The lowest BCUT2D eigenvalue weighted by Crippen LogP contribution is -2.19. The minimum absolute atomic E-state index is 0.0293. The van der Waals surface area contributed by atoms with Crippen LogP contribution in [-0.4, -0.2) is 20.6 Å². The van der Waals surface area contributed by atoms with Gasteiger partial charge >= 0.3 is 5.97 Å². The van der Waals surface area contributed by atoms with Crippen LogP contribution in [0.5, 0.6) is 0 Å². The first-order valence-electron chi connectivity index (χ1n) is 4.97. The van der Waals surface area contributed by atoms with Crippen LogP contribution in [0.25, 0.3) is 5.82 Å². The molecule has 2 heterocycles. The number of carboxylic acids is 1. The molecule has 17 heavy (non-hydrogen) atoms. The molecule has 86 valence electrons. The van der Waals surface area contributed by atoms with Crippen LogP contribution in [0.4, 0.5) is 0 Å². The monoisotopic (exact) mass is 230 g/mol. The summed E-state index contributed by atoms with van der Waals surface area (Å²) in [6.07, 6.45) is 3.05. The molecular formula is C12H10N2O3. The molecule has 0 amide bonds. The Bertz CT molecular complexity index is 614. The van der Waals surface area contributed by atoms with Gasteiger partial charge in [-0.2, -0.15) is 0 Å². The average molecular weight is 230 g/mol. The fourth-order valence-electron chi connectivity index (χ4n) is 1.40. The van der Waals surface area contributed by atoms with Gasteiger partial charge in [0, 0.05) is 18.5 Å². The summed E-state index contributed by atoms with van der Waals surface area (Å²) < 4.78 is 1.30. The van der Waals surface area contributed by atoms with Gasteiger partial charge in [-0.1, -0.05) is 6.07 Å². The summed E-state index contributed by atoms with van der Waals surface area (Å²) in [5.41, 5.74) is 0.545. The van der Waals surface area contributed by atoms with Crippen molar-refractivity contribution in [1.82, 2.24) is 9.55 Å². The van der Waals surface area contributed by atoms with E-state index in [1.54, 1.807) is 12.3 Å². The van der Waals surface area contributed by atoms with E-state index in [4.69, 9.17) is 5.11 Å². The summed E-state index contributed by atoms with van der Waals surface area (Å²) in [7, 11) is 0. The summed E-state index contributed by atoms with van der Waals surface area (Å²) in [6.45, 7) is 1.90. The van der Waals surface area contributed by atoms with Crippen LogP contribution >= 0.6 is 0 Å². The number of carbonyl (C=O) groups is 1. The Hall–Kier alpha value is -2.43. The van der Waals surface area contributed by atoms with Gasteiger partial charge in [0.15, 0.2) is 0 Å². The number of aromatic carboxylic acids is 1. The number of nitrogens with zero attached hydrogens (tertiary/aromatic N) is 2. The topological polar surface area (TPSA) is 72.2 Å². The van der Waals surface area contributed by atoms with E-state index < -0.39 is 11.5 Å². The number of carboxylic acid groups (broad SMARTS) is 1. The molecule has 0 fully saturated rings. The predicted octanol–water partition coefficient (Wildman–Crippen LogP) is 1.24. The molecule has 0 atom stereocenters. The second-order valence-corrected chi connectivity index (χ2v) is 3.62. The molecule has 2 rings (SSSR count). The molecule has 0 aliphatic rings.